The number of benzene rings is 3. The summed E-state index contributed by atoms with van der Waals surface area (Å²) >= 11 is 12.8. The second-order valence-corrected chi connectivity index (χ2v) is 12.4. The molecular formula is C29H33Cl2N3O4S. The highest BCUT2D eigenvalue weighted by atomic mass is 35.5. The van der Waals surface area contributed by atoms with Crippen molar-refractivity contribution in [3.05, 3.63) is 94.0 Å². The fourth-order valence-electron chi connectivity index (χ4n) is 3.85. The first-order valence-corrected chi connectivity index (χ1v) is 14.8. The topological polar surface area (TPSA) is 86.8 Å². The second kappa shape index (κ2) is 13.3. The van der Waals surface area contributed by atoms with Gasteiger partial charge in [0.1, 0.15) is 12.6 Å². The van der Waals surface area contributed by atoms with E-state index in [0.29, 0.717) is 27.8 Å². The predicted molar refractivity (Wildman–Crippen MR) is 156 cm³/mol. The van der Waals surface area contributed by atoms with Crippen molar-refractivity contribution in [3.8, 4) is 0 Å². The van der Waals surface area contributed by atoms with Gasteiger partial charge >= 0.3 is 0 Å². The monoisotopic (exact) mass is 589 g/mol. The Morgan fingerprint density at radius 2 is 1.46 bits per heavy atom. The molecule has 0 fully saturated rings. The Morgan fingerprint density at radius 3 is 2.03 bits per heavy atom. The summed E-state index contributed by atoms with van der Waals surface area (Å²) in [6, 6.07) is 18.8. The number of carbonyl (C=O) groups is 2. The lowest BCUT2D eigenvalue weighted by atomic mass is 10.1. The summed E-state index contributed by atoms with van der Waals surface area (Å²) < 4.78 is 28.6. The van der Waals surface area contributed by atoms with Gasteiger partial charge in [0.15, 0.2) is 0 Å². The summed E-state index contributed by atoms with van der Waals surface area (Å²) in [5.41, 5.74) is 1.68. The molecular weight excluding hydrogens is 557 g/mol. The van der Waals surface area contributed by atoms with E-state index < -0.39 is 28.5 Å². The van der Waals surface area contributed by atoms with Crippen LogP contribution in [0, 0.1) is 12.8 Å². The molecule has 10 heteroatoms. The molecule has 0 saturated heterocycles. The molecule has 208 valence electrons. The van der Waals surface area contributed by atoms with Crippen molar-refractivity contribution in [1.82, 2.24) is 10.2 Å². The number of nitrogens with one attached hydrogen (secondary N) is 1. The smallest absolute Gasteiger partial charge is 0.264 e. The number of nitrogens with zero attached hydrogens (tertiary/aromatic N) is 2. The Bertz CT molecular complexity index is 1380. The van der Waals surface area contributed by atoms with E-state index in [2.05, 4.69) is 5.32 Å². The molecule has 0 unspecified atom stereocenters. The van der Waals surface area contributed by atoms with Crippen molar-refractivity contribution < 1.29 is 18.0 Å². The number of aryl methyl sites for hydroxylation is 1. The van der Waals surface area contributed by atoms with Crippen LogP contribution >= 0.6 is 23.2 Å². The van der Waals surface area contributed by atoms with Crippen molar-refractivity contribution in [2.75, 3.05) is 17.4 Å². The minimum atomic E-state index is -4.12. The fraction of sp³-hybridized carbons (Fsp3) is 0.310. The first kappa shape index (κ1) is 30.5. The van der Waals surface area contributed by atoms with Gasteiger partial charge in [0.2, 0.25) is 11.8 Å². The van der Waals surface area contributed by atoms with Crippen molar-refractivity contribution in [2.45, 2.75) is 45.2 Å². The lowest BCUT2D eigenvalue weighted by Gasteiger charge is -2.32. The van der Waals surface area contributed by atoms with E-state index >= 15 is 0 Å². The molecule has 1 N–H and O–H groups in total. The molecule has 0 aliphatic heterocycles. The molecule has 0 bridgehead atoms. The molecule has 7 nitrogen and oxygen atoms in total. The minimum Gasteiger partial charge on any atom is -0.354 e. The number of para-hydroxylation sites is 1. The van der Waals surface area contributed by atoms with Crippen LogP contribution in [0.3, 0.4) is 0 Å². The molecule has 0 saturated carbocycles. The lowest BCUT2D eigenvalue weighted by molar-refractivity contribution is -0.139. The summed E-state index contributed by atoms with van der Waals surface area (Å²) in [7, 11) is -4.12. The van der Waals surface area contributed by atoms with Crippen LogP contribution in [0.2, 0.25) is 10.0 Å². The minimum absolute atomic E-state index is 0.0492. The molecule has 3 aromatic rings. The molecule has 0 aliphatic rings. The van der Waals surface area contributed by atoms with E-state index in [-0.39, 0.29) is 23.3 Å². The van der Waals surface area contributed by atoms with Crippen LogP contribution in [0.15, 0.2) is 77.7 Å². The fourth-order valence-corrected chi connectivity index (χ4v) is 5.78. The molecule has 2 amide bonds. The van der Waals surface area contributed by atoms with E-state index in [0.717, 1.165) is 9.87 Å². The van der Waals surface area contributed by atoms with Gasteiger partial charge in [-0.2, -0.15) is 0 Å². The quantitative estimate of drug-likeness (QED) is 0.311. The highest BCUT2D eigenvalue weighted by molar-refractivity contribution is 7.92. The van der Waals surface area contributed by atoms with Gasteiger partial charge in [0, 0.05) is 28.7 Å². The number of anilines is 1. The first-order valence-electron chi connectivity index (χ1n) is 12.6. The second-order valence-electron chi connectivity index (χ2n) is 9.70. The number of halogens is 2. The van der Waals surface area contributed by atoms with E-state index in [9.17, 15) is 18.0 Å². The number of sulfonamides is 1. The normalized spacial score (nSPS) is 12.2. The zero-order chi connectivity index (χ0) is 28.7. The van der Waals surface area contributed by atoms with Crippen LogP contribution in [-0.4, -0.2) is 44.3 Å². The van der Waals surface area contributed by atoms with Crippen molar-refractivity contribution in [3.63, 3.8) is 0 Å². The van der Waals surface area contributed by atoms with Gasteiger partial charge in [0.05, 0.1) is 10.6 Å². The summed E-state index contributed by atoms with van der Waals surface area (Å²) in [4.78, 5) is 28.3. The van der Waals surface area contributed by atoms with Crippen LogP contribution < -0.4 is 9.62 Å². The first-order chi connectivity index (χ1) is 18.4. The third-order valence-corrected chi connectivity index (χ3v) is 8.67. The van der Waals surface area contributed by atoms with Gasteiger partial charge in [-0.25, -0.2) is 8.42 Å². The molecule has 0 radical (unpaired) electrons. The van der Waals surface area contributed by atoms with Crippen LogP contribution in [-0.2, 0) is 26.2 Å². The van der Waals surface area contributed by atoms with Gasteiger partial charge in [-0.15, -0.1) is 0 Å². The van der Waals surface area contributed by atoms with Gasteiger partial charge in [0.25, 0.3) is 10.0 Å². The molecule has 0 heterocycles. The number of hydrogen-bond donors (Lipinski definition) is 1. The molecule has 1 atom stereocenters. The van der Waals surface area contributed by atoms with Gasteiger partial charge < -0.3 is 10.2 Å². The Morgan fingerprint density at radius 1 is 0.872 bits per heavy atom. The Balaban J connectivity index is 2.02. The number of carbonyl (C=O) groups excluding carboxylic acids is 2. The largest absolute Gasteiger partial charge is 0.354 e. The van der Waals surface area contributed by atoms with Crippen LogP contribution in [0.1, 0.15) is 31.9 Å². The molecule has 0 aliphatic carbocycles. The van der Waals surface area contributed by atoms with Crippen LogP contribution in [0.25, 0.3) is 0 Å². The van der Waals surface area contributed by atoms with E-state index in [1.54, 1.807) is 67.6 Å². The SMILES string of the molecule is Cc1ccc(S(=O)(=O)N(CC(=O)N(Cc2c(Cl)cccc2Cl)[C@H](C)C(=O)NCC(C)C)c2ccccc2)cc1. The number of hydrogen-bond acceptors (Lipinski definition) is 4. The van der Waals surface area contributed by atoms with E-state index in [4.69, 9.17) is 23.2 Å². The van der Waals surface area contributed by atoms with Gasteiger partial charge in [-0.05, 0) is 56.2 Å². The summed E-state index contributed by atoms with van der Waals surface area (Å²) in [5.74, 6) is -0.748. The maximum Gasteiger partial charge on any atom is 0.264 e. The van der Waals surface area contributed by atoms with Gasteiger partial charge in [-0.3, -0.25) is 13.9 Å². The van der Waals surface area contributed by atoms with Crippen molar-refractivity contribution in [2.24, 2.45) is 5.92 Å². The Labute approximate surface area is 240 Å². The average Bonchev–Trinajstić information content (AvgIpc) is 2.90. The third kappa shape index (κ3) is 7.75. The summed E-state index contributed by atoms with van der Waals surface area (Å²) in [6.45, 7) is 7.19. The van der Waals surface area contributed by atoms with Crippen LogP contribution in [0.4, 0.5) is 5.69 Å². The van der Waals surface area contributed by atoms with Gasteiger partial charge in [-0.1, -0.05) is 79.0 Å². The zero-order valence-electron chi connectivity index (χ0n) is 22.4. The highest BCUT2D eigenvalue weighted by Crippen LogP contribution is 2.28. The molecule has 0 spiro atoms. The molecule has 3 aromatic carbocycles. The Kier molecular flexibility index (Phi) is 10.4. The third-order valence-electron chi connectivity index (χ3n) is 6.17. The summed E-state index contributed by atoms with van der Waals surface area (Å²) in [6.07, 6.45) is 0. The van der Waals surface area contributed by atoms with E-state index in [1.807, 2.05) is 20.8 Å². The lowest BCUT2D eigenvalue weighted by Crippen LogP contribution is -2.51. The number of amides is 2. The molecule has 3 rings (SSSR count). The predicted octanol–water partition coefficient (Wildman–Crippen LogP) is 5.69. The van der Waals surface area contributed by atoms with Crippen molar-refractivity contribution in [1.29, 1.82) is 0 Å². The maximum atomic E-state index is 13.9. The van der Waals surface area contributed by atoms with E-state index in [1.165, 1.54) is 17.0 Å². The Hall–Kier alpha value is -3.07. The zero-order valence-corrected chi connectivity index (χ0v) is 24.7. The molecule has 39 heavy (non-hydrogen) atoms. The number of rotatable bonds is 11. The molecule has 0 aromatic heterocycles. The average molecular weight is 591 g/mol. The highest BCUT2D eigenvalue weighted by Gasteiger charge is 2.33. The van der Waals surface area contributed by atoms with Crippen LogP contribution in [0.5, 0.6) is 0 Å². The standard InChI is InChI=1S/C29H33Cl2N3O4S/c1-20(2)17-32-29(36)22(4)33(18-25-26(30)11-8-12-27(25)31)28(35)19-34(23-9-6-5-7-10-23)39(37,38)24-15-13-21(3)14-16-24/h5-16,20,22H,17-19H2,1-4H3,(H,32,36)/t22-/m1/s1. The maximum absolute atomic E-state index is 13.9. The summed E-state index contributed by atoms with van der Waals surface area (Å²) in [5, 5.41) is 3.52. The van der Waals surface area contributed by atoms with Crippen molar-refractivity contribution >= 4 is 50.7 Å².